The number of aliphatic hydroxyl groups is 1. The van der Waals surface area contributed by atoms with E-state index in [9.17, 15) is 9.50 Å². The maximum atomic E-state index is 13.6. The molecule has 0 radical (unpaired) electrons. The van der Waals surface area contributed by atoms with Crippen LogP contribution in [-0.2, 0) is 4.74 Å². The first kappa shape index (κ1) is 11.9. The van der Waals surface area contributed by atoms with Crippen molar-refractivity contribution in [2.45, 2.75) is 13.0 Å². The molecule has 0 spiro atoms. The standard InChI is InChI=1S/C11H15FO3/c1-3-15-7-9(13)8-5-4-6-10(14-2)11(8)12/h4-6,9,13H,3,7H2,1-2H3. The topological polar surface area (TPSA) is 38.7 Å². The van der Waals surface area contributed by atoms with Gasteiger partial charge in [-0.15, -0.1) is 0 Å². The molecule has 0 saturated heterocycles. The van der Waals surface area contributed by atoms with E-state index in [0.717, 1.165) is 0 Å². The van der Waals surface area contributed by atoms with Gasteiger partial charge in [0.05, 0.1) is 13.7 Å². The Labute approximate surface area is 88.4 Å². The zero-order valence-corrected chi connectivity index (χ0v) is 8.87. The number of ether oxygens (including phenoxy) is 2. The van der Waals surface area contributed by atoms with E-state index in [0.29, 0.717) is 6.61 Å². The zero-order valence-electron chi connectivity index (χ0n) is 8.87. The number of benzene rings is 1. The van der Waals surface area contributed by atoms with Gasteiger partial charge in [0, 0.05) is 12.2 Å². The third-order valence-electron chi connectivity index (χ3n) is 2.05. The Kier molecular flexibility index (Phi) is 4.52. The summed E-state index contributed by atoms with van der Waals surface area (Å²) in [5.41, 5.74) is 0.197. The van der Waals surface area contributed by atoms with Crippen LogP contribution in [0.15, 0.2) is 18.2 Å². The van der Waals surface area contributed by atoms with Crippen molar-refractivity contribution in [3.63, 3.8) is 0 Å². The molecule has 1 unspecified atom stereocenters. The number of methoxy groups -OCH3 is 1. The summed E-state index contributed by atoms with van der Waals surface area (Å²) in [7, 11) is 1.39. The highest BCUT2D eigenvalue weighted by atomic mass is 19.1. The second-order valence-corrected chi connectivity index (χ2v) is 3.04. The lowest BCUT2D eigenvalue weighted by atomic mass is 10.1. The Morgan fingerprint density at radius 2 is 2.20 bits per heavy atom. The van der Waals surface area contributed by atoms with Crippen LogP contribution in [0.4, 0.5) is 4.39 Å². The molecule has 1 atom stereocenters. The molecule has 0 heterocycles. The molecule has 0 aliphatic carbocycles. The van der Waals surface area contributed by atoms with Gasteiger partial charge in [-0.3, -0.25) is 0 Å². The van der Waals surface area contributed by atoms with Crippen LogP contribution >= 0.6 is 0 Å². The van der Waals surface area contributed by atoms with Crippen molar-refractivity contribution in [3.05, 3.63) is 29.6 Å². The molecule has 1 aromatic carbocycles. The molecular weight excluding hydrogens is 199 g/mol. The Hall–Kier alpha value is -1.13. The van der Waals surface area contributed by atoms with Crippen LogP contribution in [0.2, 0.25) is 0 Å². The van der Waals surface area contributed by atoms with Gasteiger partial charge in [-0.2, -0.15) is 0 Å². The van der Waals surface area contributed by atoms with Crippen LogP contribution in [-0.4, -0.2) is 25.4 Å². The van der Waals surface area contributed by atoms with Crippen LogP contribution in [0.3, 0.4) is 0 Å². The Bertz CT molecular complexity index is 315. The molecule has 0 amide bonds. The van der Waals surface area contributed by atoms with Gasteiger partial charge in [0.25, 0.3) is 0 Å². The zero-order chi connectivity index (χ0) is 11.3. The Morgan fingerprint density at radius 1 is 1.47 bits per heavy atom. The predicted octanol–water partition coefficient (Wildman–Crippen LogP) is 1.90. The van der Waals surface area contributed by atoms with Gasteiger partial charge in [-0.25, -0.2) is 4.39 Å². The van der Waals surface area contributed by atoms with E-state index in [2.05, 4.69) is 0 Å². The van der Waals surface area contributed by atoms with E-state index < -0.39 is 11.9 Å². The molecule has 0 aliphatic heterocycles. The molecule has 1 aromatic rings. The van der Waals surface area contributed by atoms with Gasteiger partial charge in [0.15, 0.2) is 11.6 Å². The minimum absolute atomic E-state index is 0.0839. The molecule has 0 bridgehead atoms. The molecule has 0 aliphatic rings. The molecule has 0 aromatic heterocycles. The van der Waals surface area contributed by atoms with E-state index in [1.807, 2.05) is 6.92 Å². The van der Waals surface area contributed by atoms with Crippen molar-refractivity contribution < 1.29 is 19.0 Å². The largest absolute Gasteiger partial charge is 0.494 e. The molecular formula is C11H15FO3. The summed E-state index contributed by atoms with van der Waals surface area (Å²) in [5, 5.41) is 9.63. The van der Waals surface area contributed by atoms with Gasteiger partial charge in [0.2, 0.25) is 0 Å². The van der Waals surface area contributed by atoms with Gasteiger partial charge in [-0.1, -0.05) is 12.1 Å². The molecule has 3 nitrogen and oxygen atoms in total. The summed E-state index contributed by atoms with van der Waals surface area (Å²) in [6.45, 7) is 2.39. The average molecular weight is 214 g/mol. The lowest BCUT2D eigenvalue weighted by Gasteiger charge is -2.13. The van der Waals surface area contributed by atoms with Crippen molar-refractivity contribution in [2.24, 2.45) is 0 Å². The number of aliphatic hydroxyl groups excluding tert-OH is 1. The Morgan fingerprint density at radius 3 is 2.80 bits per heavy atom. The summed E-state index contributed by atoms with van der Waals surface area (Å²) < 4.78 is 23.4. The van der Waals surface area contributed by atoms with Gasteiger partial charge in [0.1, 0.15) is 6.10 Å². The van der Waals surface area contributed by atoms with E-state index in [-0.39, 0.29) is 17.9 Å². The van der Waals surface area contributed by atoms with E-state index in [1.54, 1.807) is 6.07 Å². The minimum atomic E-state index is -0.958. The first-order valence-electron chi connectivity index (χ1n) is 4.78. The van der Waals surface area contributed by atoms with Crippen LogP contribution in [0.1, 0.15) is 18.6 Å². The average Bonchev–Trinajstić information content (AvgIpc) is 2.26. The van der Waals surface area contributed by atoms with Crippen LogP contribution in [0.25, 0.3) is 0 Å². The maximum Gasteiger partial charge on any atom is 0.170 e. The normalized spacial score (nSPS) is 12.5. The fourth-order valence-corrected chi connectivity index (χ4v) is 1.26. The molecule has 0 fully saturated rings. The highest BCUT2D eigenvalue weighted by Gasteiger charge is 2.15. The lowest BCUT2D eigenvalue weighted by Crippen LogP contribution is -2.09. The van der Waals surface area contributed by atoms with Crippen molar-refractivity contribution in [3.8, 4) is 5.75 Å². The van der Waals surface area contributed by atoms with Crippen molar-refractivity contribution >= 4 is 0 Å². The second-order valence-electron chi connectivity index (χ2n) is 3.04. The number of rotatable bonds is 5. The first-order valence-corrected chi connectivity index (χ1v) is 4.78. The second kappa shape index (κ2) is 5.68. The van der Waals surface area contributed by atoms with Gasteiger partial charge in [-0.05, 0) is 13.0 Å². The molecule has 0 saturated carbocycles. The highest BCUT2D eigenvalue weighted by molar-refractivity contribution is 5.32. The number of hydrogen-bond donors (Lipinski definition) is 1. The first-order chi connectivity index (χ1) is 7.20. The van der Waals surface area contributed by atoms with Crippen LogP contribution < -0.4 is 4.74 Å². The molecule has 84 valence electrons. The minimum Gasteiger partial charge on any atom is -0.494 e. The monoisotopic (exact) mass is 214 g/mol. The predicted molar refractivity (Wildman–Crippen MR) is 54.4 cm³/mol. The van der Waals surface area contributed by atoms with Crippen LogP contribution in [0.5, 0.6) is 5.75 Å². The molecule has 4 heteroatoms. The maximum absolute atomic E-state index is 13.6. The summed E-state index contributed by atoms with van der Waals surface area (Å²) in [4.78, 5) is 0. The smallest absolute Gasteiger partial charge is 0.170 e. The third-order valence-corrected chi connectivity index (χ3v) is 2.05. The van der Waals surface area contributed by atoms with Gasteiger partial charge < -0.3 is 14.6 Å². The molecule has 15 heavy (non-hydrogen) atoms. The van der Waals surface area contributed by atoms with Crippen molar-refractivity contribution in [1.82, 2.24) is 0 Å². The van der Waals surface area contributed by atoms with Crippen molar-refractivity contribution in [2.75, 3.05) is 20.3 Å². The van der Waals surface area contributed by atoms with E-state index in [4.69, 9.17) is 9.47 Å². The highest BCUT2D eigenvalue weighted by Crippen LogP contribution is 2.24. The quantitative estimate of drug-likeness (QED) is 0.813. The summed E-state index contributed by atoms with van der Waals surface area (Å²) in [6.07, 6.45) is -0.958. The fraction of sp³-hybridized carbons (Fsp3) is 0.455. The van der Waals surface area contributed by atoms with Gasteiger partial charge >= 0.3 is 0 Å². The van der Waals surface area contributed by atoms with Crippen molar-refractivity contribution in [1.29, 1.82) is 0 Å². The summed E-state index contributed by atoms with van der Waals surface area (Å²) in [6, 6.07) is 4.65. The number of hydrogen-bond acceptors (Lipinski definition) is 3. The van der Waals surface area contributed by atoms with E-state index >= 15 is 0 Å². The van der Waals surface area contributed by atoms with Crippen LogP contribution in [0, 0.1) is 5.82 Å². The SMILES string of the molecule is CCOCC(O)c1cccc(OC)c1F. The summed E-state index contributed by atoms with van der Waals surface area (Å²) in [5.74, 6) is -0.407. The third kappa shape index (κ3) is 2.91. The summed E-state index contributed by atoms with van der Waals surface area (Å²) >= 11 is 0. The number of halogens is 1. The molecule has 1 N–H and O–H groups in total. The lowest BCUT2D eigenvalue weighted by molar-refractivity contribution is 0.0399. The van der Waals surface area contributed by atoms with E-state index in [1.165, 1.54) is 19.2 Å². The molecule has 1 rings (SSSR count). The fourth-order valence-electron chi connectivity index (χ4n) is 1.26. The Balaban J connectivity index is 2.83.